The third kappa shape index (κ3) is 1.67. The summed E-state index contributed by atoms with van der Waals surface area (Å²) in [6.45, 7) is 4.22. The van der Waals surface area contributed by atoms with Crippen molar-refractivity contribution >= 4 is 4.49 Å². The molecule has 0 nitrogen and oxygen atoms in total. The van der Waals surface area contributed by atoms with Crippen LogP contribution >= 0.6 is 0 Å². The van der Waals surface area contributed by atoms with Crippen LogP contribution in [0, 0.1) is 11.8 Å². The number of hydrogen-bond donors (Lipinski definition) is 0. The minimum absolute atomic E-state index is 0.537. The summed E-state index contributed by atoms with van der Waals surface area (Å²) in [7, 11) is 0. The molecule has 0 bridgehead atoms. The molecule has 10 heavy (non-hydrogen) atoms. The van der Waals surface area contributed by atoms with Gasteiger partial charge in [-0.15, -0.1) is 0 Å². The zero-order valence-electron chi connectivity index (χ0n) is 6.28. The monoisotopic (exact) mass is 178 g/mol. The Morgan fingerprint density at radius 2 is 1.90 bits per heavy atom. The summed E-state index contributed by atoms with van der Waals surface area (Å²) in [6.07, 6.45) is 8.58. The first kappa shape index (κ1) is 7.95. The van der Waals surface area contributed by atoms with E-state index in [4.69, 9.17) is 15.0 Å². The van der Waals surface area contributed by atoms with Gasteiger partial charge in [-0.25, -0.2) is 0 Å². The SMILES string of the molecule is C[C](=[Ni])C(C)C1C=CC=C1. The maximum absolute atomic E-state index is 4.80. The van der Waals surface area contributed by atoms with Crippen LogP contribution in [0.15, 0.2) is 24.3 Å². The normalized spacial score (nSPS) is 20.0. The zero-order chi connectivity index (χ0) is 7.56. The molecule has 0 radical (unpaired) electrons. The molecule has 0 heterocycles. The van der Waals surface area contributed by atoms with Crippen LogP contribution in [-0.4, -0.2) is 4.49 Å². The summed E-state index contributed by atoms with van der Waals surface area (Å²) in [4.78, 5) is 0. The van der Waals surface area contributed by atoms with Crippen LogP contribution in [0.1, 0.15) is 13.8 Å². The molecule has 1 unspecified atom stereocenters. The fraction of sp³-hybridized carbons (Fsp3) is 0.444. The molecule has 58 valence electrons. The molecule has 1 heteroatoms. The van der Waals surface area contributed by atoms with E-state index in [-0.39, 0.29) is 0 Å². The Morgan fingerprint density at radius 3 is 2.30 bits per heavy atom. The van der Waals surface area contributed by atoms with E-state index in [2.05, 4.69) is 31.2 Å². The van der Waals surface area contributed by atoms with Gasteiger partial charge >= 0.3 is 69.5 Å². The van der Waals surface area contributed by atoms with Crippen LogP contribution in [0.25, 0.3) is 0 Å². The third-order valence-corrected chi connectivity index (χ3v) is 2.40. The van der Waals surface area contributed by atoms with Crippen LogP contribution in [-0.2, 0) is 15.0 Å². The van der Waals surface area contributed by atoms with Gasteiger partial charge in [0, 0.05) is 0 Å². The average molecular weight is 179 g/mol. The van der Waals surface area contributed by atoms with Crippen LogP contribution < -0.4 is 0 Å². The molecule has 0 aromatic heterocycles. The molecule has 0 N–H and O–H groups in total. The zero-order valence-corrected chi connectivity index (χ0v) is 7.27. The van der Waals surface area contributed by atoms with E-state index in [1.165, 1.54) is 0 Å². The van der Waals surface area contributed by atoms with Crippen molar-refractivity contribution in [2.75, 3.05) is 0 Å². The van der Waals surface area contributed by atoms with Gasteiger partial charge in [-0.2, -0.15) is 0 Å². The van der Waals surface area contributed by atoms with E-state index in [1.54, 1.807) is 0 Å². The van der Waals surface area contributed by atoms with Crippen molar-refractivity contribution in [3.05, 3.63) is 24.3 Å². The predicted octanol–water partition coefficient (Wildman–Crippen LogP) is 2.10. The average Bonchev–Trinajstić information content (AvgIpc) is 2.36. The summed E-state index contributed by atoms with van der Waals surface area (Å²) < 4.78 is 1.14. The molecule has 0 saturated carbocycles. The fourth-order valence-corrected chi connectivity index (χ4v) is 1.23. The Morgan fingerprint density at radius 1 is 1.40 bits per heavy atom. The molecule has 0 aromatic carbocycles. The van der Waals surface area contributed by atoms with Crippen LogP contribution in [0.2, 0.25) is 0 Å². The second-order valence-electron chi connectivity index (χ2n) is 2.67. The van der Waals surface area contributed by atoms with Gasteiger partial charge in [-0.05, 0) is 0 Å². The number of allylic oxidation sites excluding steroid dienone is 4. The standard InChI is InChI=1S/C9H12.Ni/c1-3-8(2)9-6-4-5-7-9;/h4-9H,1-2H3;. The first-order valence-corrected chi connectivity index (χ1v) is 4.02. The number of hydrogen-bond acceptors (Lipinski definition) is 0. The van der Waals surface area contributed by atoms with Crippen molar-refractivity contribution in [1.29, 1.82) is 0 Å². The Bertz CT molecular complexity index is 177. The van der Waals surface area contributed by atoms with Crippen LogP contribution in [0.4, 0.5) is 0 Å². The van der Waals surface area contributed by atoms with Crippen molar-refractivity contribution in [2.24, 2.45) is 11.8 Å². The van der Waals surface area contributed by atoms with Gasteiger partial charge in [0.25, 0.3) is 0 Å². The fourth-order valence-electron chi connectivity index (χ4n) is 1.04. The third-order valence-electron chi connectivity index (χ3n) is 1.95. The second kappa shape index (κ2) is 3.30. The van der Waals surface area contributed by atoms with E-state index in [1.807, 2.05) is 6.92 Å². The Kier molecular flexibility index (Phi) is 2.62. The first-order valence-electron chi connectivity index (χ1n) is 3.52. The molecule has 1 atom stereocenters. The minimum atomic E-state index is 0.537. The summed E-state index contributed by atoms with van der Waals surface area (Å²) in [5.41, 5.74) is 0. The van der Waals surface area contributed by atoms with Crippen molar-refractivity contribution < 1.29 is 15.0 Å². The van der Waals surface area contributed by atoms with Crippen molar-refractivity contribution in [2.45, 2.75) is 13.8 Å². The number of rotatable bonds is 2. The van der Waals surface area contributed by atoms with Crippen molar-refractivity contribution in [1.82, 2.24) is 0 Å². The van der Waals surface area contributed by atoms with E-state index in [0.29, 0.717) is 11.8 Å². The van der Waals surface area contributed by atoms with E-state index in [0.717, 1.165) is 4.49 Å². The van der Waals surface area contributed by atoms with E-state index < -0.39 is 0 Å². The van der Waals surface area contributed by atoms with Gasteiger partial charge in [0.05, 0.1) is 0 Å². The van der Waals surface area contributed by atoms with Gasteiger partial charge in [-0.1, -0.05) is 0 Å². The molecular formula is C9H12Ni. The molecule has 0 fully saturated rings. The maximum atomic E-state index is 4.80. The first-order chi connectivity index (χ1) is 4.72. The molecular weight excluding hydrogens is 167 g/mol. The summed E-state index contributed by atoms with van der Waals surface area (Å²) in [5.74, 6) is 1.10. The van der Waals surface area contributed by atoms with Crippen molar-refractivity contribution in [3.63, 3.8) is 0 Å². The van der Waals surface area contributed by atoms with E-state index in [9.17, 15) is 0 Å². The van der Waals surface area contributed by atoms with Gasteiger partial charge in [0.15, 0.2) is 0 Å². The topological polar surface area (TPSA) is 0 Å². The molecule has 0 spiro atoms. The molecule has 1 aliphatic rings. The van der Waals surface area contributed by atoms with Gasteiger partial charge < -0.3 is 0 Å². The molecule has 0 aliphatic heterocycles. The Labute approximate surface area is 69.9 Å². The van der Waals surface area contributed by atoms with Crippen molar-refractivity contribution in [3.8, 4) is 0 Å². The molecule has 1 aliphatic carbocycles. The van der Waals surface area contributed by atoms with Crippen LogP contribution in [0.3, 0.4) is 0 Å². The second-order valence-corrected chi connectivity index (χ2v) is 3.45. The predicted molar refractivity (Wildman–Crippen MR) is 41.6 cm³/mol. The van der Waals surface area contributed by atoms with Gasteiger partial charge in [0.1, 0.15) is 0 Å². The molecule has 1 rings (SSSR count). The van der Waals surface area contributed by atoms with Gasteiger partial charge in [0.2, 0.25) is 0 Å². The molecule has 0 amide bonds. The summed E-state index contributed by atoms with van der Waals surface area (Å²) in [5, 5.41) is 0. The Hall–Kier alpha value is -0.156. The molecule has 0 aromatic rings. The Balaban J connectivity index is 2.57. The quantitative estimate of drug-likeness (QED) is 0.569. The van der Waals surface area contributed by atoms with Crippen LogP contribution in [0.5, 0.6) is 0 Å². The molecule has 0 saturated heterocycles. The van der Waals surface area contributed by atoms with E-state index >= 15 is 0 Å². The summed E-state index contributed by atoms with van der Waals surface area (Å²) in [6, 6.07) is 0. The summed E-state index contributed by atoms with van der Waals surface area (Å²) >= 11 is 4.80. The van der Waals surface area contributed by atoms with Gasteiger partial charge in [-0.3, -0.25) is 0 Å².